The first-order valence-corrected chi connectivity index (χ1v) is 4.49. The molecule has 2 rings (SSSR count). The van der Waals surface area contributed by atoms with Crippen LogP contribution in [0.4, 0.5) is 4.39 Å². The van der Waals surface area contributed by atoms with Crippen molar-refractivity contribution in [2.75, 3.05) is 0 Å². The molecule has 3 nitrogen and oxygen atoms in total. The molecule has 0 amide bonds. The van der Waals surface area contributed by atoms with Crippen LogP contribution in [0, 0.1) is 5.82 Å². The molecule has 0 spiro atoms. The van der Waals surface area contributed by atoms with Gasteiger partial charge >= 0.3 is 5.97 Å². The summed E-state index contributed by atoms with van der Waals surface area (Å²) in [5.41, 5.74) is 0.643. The number of hydrogen-bond acceptors (Lipinski definition) is 2. The number of carboxylic acids is 1. The third kappa shape index (κ3) is 1.58. The Balaban J connectivity index is 2.59. The second-order valence-corrected chi connectivity index (χ2v) is 3.39. The van der Waals surface area contributed by atoms with Crippen molar-refractivity contribution in [2.24, 2.45) is 0 Å². The molecule has 1 N–H and O–H groups in total. The van der Waals surface area contributed by atoms with Crippen molar-refractivity contribution < 1.29 is 18.7 Å². The molecule has 78 valence electrons. The summed E-state index contributed by atoms with van der Waals surface area (Å²) in [5.74, 6) is -2.45. The molecule has 1 unspecified atom stereocenters. The Morgan fingerprint density at radius 3 is 2.93 bits per heavy atom. The van der Waals surface area contributed by atoms with Crippen molar-refractivity contribution in [1.82, 2.24) is 0 Å². The van der Waals surface area contributed by atoms with Crippen LogP contribution in [0.5, 0.6) is 0 Å². The van der Waals surface area contributed by atoms with E-state index in [0.29, 0.717) is 11.0 Å². The van der Waals surface area contributed by atoms with Gasteiger partial charge < -0.3 is 9.52 Å². The van der Waals surface area contributed by atoms with Crippen LogP contribution in [0.1, 0.15) is 18.4 Å². The molecular formula is C11H9FO3. The fourth-order valence-electron chi connectivity index (χ4n) is 1.46. The van der Waals surface area contributed by atoms with Crippen LogP contribution in [-0.2, 0) is 4.79 Å². The quantitative estimate of drug-likeness (QED) is 0.825. The minimum Gasteiger partial charge on any atom is -0.481 e. The van der Waals surface area contributed by atoms with E-state index < -0.39 is 17.7 Å². The van der Waals surface area contributed by atoms with Gasteiger partial charge in [-0.2, -0.15) is 0 Å². The molecule has 15 heavy (non-hydrogen) atoms. The lowest BCUT2D eigenvalue weighted by Gasteiger charge is -2.07. The van der Waals surface area contributed by atoms with Crippen LogP contribution >= 0.6 is 0 Å². The molecule has 1 aromatic heterocycles. The van der Waals surface area contributed by atoms with E-state index in [1.54, 1.807) is 6.07 Å². The standard InChI is InChI=1S/C11H9FO3/c1-6(11(13)14)8-5-10-7(2-3-15-10)4-9(8)12/h2-6H,1H3,(H,13,14). The Labute approximate surface area is 85.1 Å². The van der Waals surface area contributed by atoms with Crippen LogP contribution < -0.4 is 0 Å². The fourth-order valence-corrected chi connectivity index (χ4v) is 1.46. The van der Waals surface area contributed by atoms with E-state index in [0.717, 1.165) is 0 Å². The number of carbonyl (C=O) groups is 1. The molecule has 0 aliphatic carbocycles. The molecule has 1 atom stereocenters. The predicted octanol–water partition coefficient (Wildman–Crippen LogP) is 2.76. The molecule has 0 bridgehead atoms. The molecule has 1 heterocycles. The van der Waals surface area contributed by atoms with E-state index in [1.165, 1.54) is 25.3 Å². The summed E-state index contributed by atoms with van der Waals surface area (Å²) >= 11 is 0. The molecule has 2 aromatic rings. The average Bonchev–Trinajstić information content (AvgIpc) is 2.62. The van der Waals surface area contributed by atoms with Crippen LogP contribution in [0.3, 0.4) is 0 Å². The van der Waals surface area contributed by atoms with Gasteiger partial charge in [0, 0.05) is 10.9 Å². The number of fused-ring (bicyclic) bond motifs is 1. The van der Waals surface area contributed by atoms with Crippen LogP contribution in [-0.4, -0.2) is 11.1 Å². The summed E-state index contributed by atoms with van der Waals surface area (Å²) in [7, 11) is 0. The first-order chi connectivity index (χ1) is 7.09. The van der Waals surface area contributed by atoms with E-state index in [-0.39, 0.29) is 5.56 Å². The van der Waals surface area contributed by atoms with E-state index in [9.17, 15) is 9.18 Å². The van der Waals surface area contributed by atoms with Crippen molar-refractivity contribution in [2.45, 2.75) is 12.8 Å². The number of rotatable bonds is 2. The Morgan fingerprint density at radius 2 is 2.27 bits per heavy atom. The number of carboxylic acid groups (broad SMARTS) is 1. The van der Waals surface area contributed by atoms with Gasteiger partial charge in [-0.15, -0.1) is 0 Å². The largest absolute Gasteiger partial charge is 0.481 e. The Kier molecular flexibility index (Phi) is 2.19. The highest BCUT2D eigenvalue weighted by atomic mass is 19.1. The maximum Gasteiger partial charge on any atom is 0.310 e. The van der Waals surface area contributed by atoms with Crippen molar-refractivity contribution in [3.63, 3.8) is 0 Å². The van der Waals surface area contributed by atoms with Crippen molar-refractivity contribution in [3.8, 4) is 0 Å². The van der Waals surface area contributed by atoms with Crippen molar-refractivity contribution in [3.05, 3.63) is 35.8 Å². The number of halogens is 1. The molecule has 1 aromatic carbocycles. The van der Waals surface area contributed by atoms with Crippen molar-refractivity contribution >= 4 is 16.9 Å². The highest BCUT2D eigenvalue weighted by Crippen LogP contribution is 2.25. The van der Waals surface area contributed by atoms with Gasteiger partial charge in [0.25, 0.3) is 0 Å². The summed E-state index contributed by atoms with van der Waals surface area (Å²) in [6, 6.07) is 4.35. The lowest BCUT2D eigenvalue weighted by molar-refractivity contribution is -0.138. The van der Waals surface area contributed by atoms with Crippen LogP contribution in [0.15, 0.2) is 28.9 Å². The Bertz CT molecular complexity index is 516. The third-order valence-electron chi connectivity index (χ3n) is 2.41. The normalized spacial score (nSPS) is 12.9. The minimum atomic E-state index is -1.06. The molecule has 0 saturated carbocycles. The van der Waals surface area contributed by atoms with Gasteiger partial charge in [-0.25, -0.2) is 4.39 Å². The molecule has 0 saturated heterocycles. The van der Waals surface area contributed by atoms with Gasteiger partial charge in [-0.3, -0.25) is 4.79 Å². The van der Waals surface area contributed by atoms with Gasteiger partial charge in [-0.05, 0) is 25.1 Å². The molecular weight excluding hydrogens is 199 g/mol. The zero-order valence-corrected chi connectivity index (χ0v) is 8.03. The highest BCUT2D eigenvalue weighted by Gasteiger charge is 2.19. The van der Waals surface area contributed by atoms with Gasteiger partial charge in [0.2, 0.25) is 0 Å². The highest BCUT2D eigenvalue weighted by molar-refractivity contribution is 5.81. The summed E-state index contributed by atoms with van der Waals surface area (Å²) in [4.78, 5) is 10.7. The summed E-state index contributed by atoms with van der Waals surface area (Å²) in [6.45, 7) is 1.44. The Hall–Kier alpha value is -1.84. The molecule has 0 aliphatic heterocycles. The second-order valence-electron chi connectivity index (χ2n) is 3.39. The van der Waals surface area contributed by atoms with Crippen molar-refractivity contribution in [1.29, 1.82) is 0 Å². The first kappa shape index (κ1) is 9.71. The lowest BCUT2D eigenvalue weighted by Crippen LogP contribution is -2.09. The maximum atomic E-state index is 13.5. The second kappa shape index (κ2) is 3.38. The van der Waals surface area contributed by atoms with Crippen LogP contribution in [0.25, 0.3) is 11.0 Å². The summed E-state index contributed by atoms with van der Waals surface area (Å²) < 4.78 is 18.6. The van der Waals surface area contributed by atoms with E-state index in [4.69, 9.17) is 9.52 Å². The fraction of sp³-hybridized carbons (Fsp3) is 0.182. The van der Waals surface area contributed by atoms with E-state index in [2.05, 4.69) is 0 Å². The first-order valence-electron chi connectivity index (χ1n) is 4.49. The smallest absolute Gasteiger partial charge is 0.310 e. The molecule has 0 aliphatic rings. The minimum absolute atomic E-state index is 0.143. The van der Waals surface area contributed by atoms with Gasteiger partial charge in [0.1, 0.15) is 11.4 Å². The van der Waals surface area contributed by atoms with Gasteiger partial charge in [0.05, 0.1) is 12.2 Å². The lowest BCUT2D eigenvalue weighted by atomic mass is 10.00. The zero-order chi connectivity index (χ0) is 11.0. The summed E-state index contributed by atoms with van der Waals surface area (Å²) in [6.07, 6.45) is 1.44. The Morgan fingerprint density at radius 1 is 1.53 bits per heavy atom. The topological polar surface area (TPSA) is 50.4 Å². The molecule has 4 heteroatoms. The number of hydrogen-bond donors (Lipinski definition) is 1. The number of benzene rings is 1. The maximum absolute atomic E-state index is 13.5. The predicted molar refractivity (Wildman–Crippen MR) is 52.2 cm³/mol. The number of furan rings is 1. The third-order valence-corrected chi connectivity index (χ3v) is 2.41. The SMILES string of the molecule is CC(C(=O)O)c1cc2occc2cc1F. The number of aliphatic carboxylic acids is 1. The van der Waals surface area contributed by atoms with E-state index in [1.807, 2.05) is 0 Å². The van der Waals surface area contributed by atoms with E-state index >= 15 is 0 Å². The average molecular weight is 208 g/mol. The molecule has 0 radical (unpaired) electrons. The summed E-state index contributed by atoms with van der Waals surface area (Å²) in [5, 5.41) is 9.42. The molecule has 0 fully saturated rings. The van der Waals surface area contributed by atoms with Gasteiger partial charge in [0.15, 0.2) is 0 Å². The monoisotopic (exact) mass is 208 g/mol. The van der Waals surface area contributed by atoms with Crippen LogP contribution in [0.2, 0.25) is 0 Å². The van der Waals surface area contributed by atoms with Gasteiger partial charge in [-0.1, -0.05) is 0 Å². The zero-order valence-electron chi connectivity index (χ0n) is 8.03.